The number of para-hydroxylation sites is 1. The maximum Gasteiger partial charge on any atom is 0.338 e. The second kappa shape index (κ2) is 14.6. The van der Waals surface area contributed by atoms with Crippen molar-refractivity contribution in [3.05, 3.63) is 76.0 Å². The summed E-state index contributed by atoms with van der Waals surface area (Å²) in [6.07, 6.45) is 7.11. The van der Waals surface area contributed by atoms with Gasteiger partial charge in [0.2, 0.25) is 0 Å². The summed E-state index contributed by atoms with van der Waals surface area (Å²) >= 11 is 3.34. The van der Waals surface area contributed by atoms with Crippen LogP contribution < -0.4 is 33.8 Å². The van der Waals surface area contributed by atoms with Crippen molar-refractivity contribution in [1.82, 2.24) is 4.57 Å². The molecule has 1 aliphatic rings. The third kappa shape index (κ3) is 6.74. The molecule has 0 radical (unpaired) electrons. The number of methoxy groups -OCH3 is 3. The van der Waals surface area contributed by atoms with Crippen LogP contribution in [0, 0.1) is 15.9 Å². The Morgan fingerprint density at radius 3 is 2.58 bits per heavy atom. The Morgan fingerprint density at radius 2 is 1.91 bits per heavy atom. The molecule has 0 saturated carbocycles. The van der Waals surface area contributed by atoms with Crippen LogP contribution in [0.5, 0.6) is 23.0 Å². The predicted molar refractivity (Wildman–Crippen MR) is 171 cm³/mol. The number of carbonyl (C=O) groups excluding carboxylic acids is 1. The number of hydrogen-bond acceptors (Lipinski definition) is 10. The molecule has 12 heteroatoms. The molecule has 0 spiro atoms. The quantitative estimate of drug-likeness (QED) is 0.122. The molecule has 0 N–H and O–H groups in total. The highest BCUT2D eigenvalue weighted by molar-refractivity contribution is 14.1. The minimum Gasteiger partial charge on any atom is -0.493 e. The minimum absolute atomic E-state index is 0.0429. The van der Waals surface area contributed by atoms with Gasteiger partial charge in [-0.25, -0.2) is 9.79 Å². The highest BCUT2D eigenvalue weighted by Gasteiger charge is 2.36. The van der Waals surface area contributed by atoms with E-state index in [9.17, 15) is 9.59 Å². The summed E-state index contributed by atoms with van der Waals surface area (Å²) < 4.78 is 36.0. The van der Waals surface area contributed by atoms with Gasteiger partial charge in [-0.05, 0) is 66.3 Å². The summed E-state index contributed by atoms with van der Waals surface area (Å²) in [7, 11) is 4.59. The average molecular weight is 719 g/mol. The van der Waals surface area contributed by atoms with Gasteiger partial charge in [0.15, 0.2) is 27.8 Å². The fourth-order valence-electron chi connectivity index (χ4n) is 4.61. The highest BCUT2D eigenvalue weighted by Crippen LogP contribution is 2.41. The third-order valence-corrected chi connectivity index (χ3v) is 8.21. The molecule has 2 aromatic carbocycles. The van der Waals surface area contributed by atoms with Gasteiger partial charge < -0.3 is 28.4 Å². The van der Waals surface area contributed by atoms with Crippen molar-refractivity contribution >= 4 is 46.0 Å². The van der Waals surface area contributed by atoms with Gasteiger partial charge in [0.25, 0.3) is 5.56 Å². The number of thiazole rings is 1. The third-order valence-electron chi connectivity index (χ3n) is 6.42. The summed E-state index contributed by atoms with van der Waals surface area (Å²) in [5.74, 6) is 3.74. The van der Waals surface area contributed by atoms with E-state index in [0.717, 1.165) is 3.57 Å². The van der Waals surface area contributed by atoms with Crippen LogP contribution in [-0.4, -0.2) is 58.3 Å². The molecule has 0 aliphatic carbocycles. The molecule has 43 heavy (non-hydrogen) atoms. The molecule has 10 nitrogen and oxygen atoms in total. The van der Waals surface area contributed by atoms with Crippen LogP contribution in [0.25, 0.3) is 6.08 Å². The molecule has 0 amide bonds. The van der Waals surface area contributed by atoms with Gasteiger partial charge >= 0.3 is 5.97 Å². The van der Waals surface area contributed by atoms with Crippen LogP contribution in [0.4, 0.5) is 0 Å². The van der Waals surface area contributed by atoms with Gasteiger partial charge in [-0.2, -0.15) is 0 Å². The van der Waals surface area contributed by atoms with Gasteiger partial charge in [-0.15, -0.1) is 6.42 Å². The molecule has 0 fully saturated rings. The number of carbonyl (C=O) groups is 1. The van der Waals surface area contributed by atoms with Crippen LogP contribution in [0.1, 0.15) is 31.0 Å². The van der Waals surface area contributed by atoms with E-state index in [1.54, 1.807) is 37.3 Å². The maximum atomic E-state index is 14.1. The first-order valence-electron chi connectivity index (χ1n) is 13.2. The van der Waals surface area contributed by atoms with Gasteiger partial charge in [0.05, 0.1) is 46.8 Å². The van der Waals surface area contributed by atoms with E-state index in [4.69, 9.17) is 34.8 Å². The molecule has 3 aromatic rings. The number of allylic oxidation sites excluding steroid dienone is 1. The predicted octanol–water partition coefficient (Wildman–Crippen LogP) is 3.46. The second-order valence-corrected chi connectivity index (χ2v) is 11.2. The average Bonchev–Trinajstić information content (AvgIpc) is 3.29. The maximum absolute atomic E-state index is 14.1. The zero-order valence-corrected chi connectivity index (χ0v) is 27.4. The van der Waals surface area contributed by atoms with Crippen molar-refractivity contribution in [1.29, 1.82) is 0 Å². The SMILES string of the molecule is C#CCOc1c(I)cc(/C=c2/sc3n(c2=O)[C@@H](c2cccc(OC)c2OCC)C(C(=O)OCCOC)=C(C)N=3)cc1OC. The van der Waals surface area contributed by atoms with Gasteiger partial charge in [0.1, 0.15) is 19.3 Å². The first-order chi connectivity index (χ1) is 20.8. The van der Waals surface area contributed by atoms with Crippen molar-refractivity contribution in [2.45, 2.75) is 19.9 Å². The van der Waals surface area contributed by atoms with Crippen LogP contribution in [0.3, 0.4) is 0 Å². The molecule has 0 bridgehead atoms. The molecule has 226 valence electrons. The number of esters is 1. The topological polar surface area (TPSA) is 107 Å². The molecule has 2 heterocycles. The number of ether oxygens (including phenoxy) is 6. The molecule has 4 rings (SSSR count). The Bertz CT molecular complexity index is 1770. The monoisotopic (exact) mass is 718 g/mol. The van der Waals surface area contributed by atoms with E-state index in [1.165, 1.54) is 37.2 Å². The van der Waals surface area contributed by atoms with E-state index >= 15 is 0 Å². The molecule has 1 atom stereocenters. The summed E-state index contributed by atoms with van der Waals surface area (Å²) in [6, 6.07) is 8.09. The first kappa shape index (κ1) is 32.1. The Hall–Kier alpha value is -3.80. The van der Waals surface area contributed by atoms with Gasteiger partial charge in [-0.1, -0.05) is 29.4 Å². The summed E-state index contributed by atoms with van der Waals surface area (Å²) in [5.41, 5.74) is 1.58. The lowest BCUT2D eigenvalue weighted by molar-refractivity contribution is -0.140. The van der Waals surface area contributed by atoms with Crippen LogP contribution >= 0.6 is 33.9 Å². The first-order valence-corrected chi connectivity index (χ1v) is 15.1. The van der Waals surface area contributed by atoms with Crippen molar-refractivity contribution in [2.75, 3.05) is 47.8 Å². The van der Waals surface area contributed by atoms with E-state index < -0.39 is 12.0 Å². The van der Waals surface area contributed by atoms with E-state index in [-0.39, 0.29) is 31.0 Å². The summed E-state index contributed by atoms with van der Waals surface area (Å²) in [5, 5.41) is 0. The smallest absolute Gasteiger partial charge is 0.338 e. The number of halogens is 1. The molecule has 1 aliphatic heterocycles. The molecular weight excluding hydrogens is 687 g/mol. The van der Waals surface area contributed by atoms with Crippen LogP contribution in [-0.2, 0) is 14.3 Å². The van der Waals surface area contributed by atoms with Crippen molar-refractivity contribution in [3.63, 3.8) is 0 Å². The van der Waals surface area contributed by atoms with Gasteiger partial charge in [-0.3, -0.25) is 9.36 Å². The standard InChI is InChI=1S/C31H31IN2O8S/c1-7-12-41-28-21(32)15-19(16-23(28)39-6)17-24-29(35)34-26(20-10-9-11-22(38-5)27(20)40-8-2)25(18(3)33-31(34)43-24)30(36)42-14-13-37-4/h1,9-11,15-17,26H,8,12-14H2,2-6H3/b24-17+/t26-/m0/s1. The number of aromatic nitrogens is 1. The fourth-order valence-corrected chi connectivity index (χ4v) is 6.44. The summed E-state index contributed by atoms with van der Waals surface area (Å²) in [6.45, 7) is 4.27. The van der Waals surface area contributed by atoms with Crippen molar-refractivity contribution in [2.24, 2.45) is 4.99 Å². The lowest BCUT2D eigenvalue weighted by atomic mass is 9.94. The van der Waals surface area contributed by atoms with Crippen LogP contribution in [0.2, 0.25) is 0 Å². The molecular formula is C31H31IN2O8S. The van der Waals surface area contributed by atoms with E-state index in [2.05, 4.69) is 33.5 Å². The molecule has 1 aromatic heterocycles. The second-order valence-electron chi connectivity index (χ2n) is 9.05. The highest BCUT2D eigenvalue weighted by atomic mass is 127. The largest absolute Gasteiger partial charge is 0.493 e. The normalized spacial score (nSPS) is 14.4. The zero-order valence-electron chi connectivity index (χ0n) is 24.4. The van der Waals surface area contributed by atoms with Crippen molar-refractivity contribution < 1.29 is 33.2 Å². The number of hydrogen-bond donors (Lipinski definition) is 0. The number of fused-ring (bicyclic) bond motifs is 1. The number of terminal acetylenes is 1. The Kier molecular flexibility index (Phi) is 10.9. The molecule has 0 unspecified atom stereocenters. The van der Waals surface area contributed by atoms with E-state index in [1.807, 2.05) is 13.0 Å². The van der Waals surface area contributed by atoms with Crippen LogP contribution in [0.15, 0.2) is 51.4 Å². The lowest BCUT2D eigenvalue weighted by Gasteiger charge is -2.27. The van der Waals surface area contributed by atoms with Gasteiger partial charge in [0, 0.05) is 12.7 Å². The van der Waals surface area contributed by atoms with Crippen molar-refractivity contribution in [3.8, 4) is 35.3 Å². The Morgan fingerprint density at radius 1 is 1.14 bits per heavy atom. The minimum atomic E-state index is -0.890. The lowest BCUT2D eigenvalue weighted by Crippen LogP contribution is -2.40. The Labute approximate surface area is 266 Å². The fraction of sp³-hybridized carbons (Fsp3) is 0.323. The number of benzene rings is 2. The molecule has 0 saturated heterocycles. The zero-order chi connectivity index (χ0) is 31.1. The number of nitrogens with zero attached hydrogens (tertiary/aromatic N) is 2. The summed E-state index contributed by atoms with van der Waals surface area (Å²) in [4.78, 5) is 32.7. The number of rotatable bonds is 12. The Balaban J connectivity index is 1.94. The van der Waals surface area contributed by atoms with E-state index in [0.29, 0.717) is 55.8 Å².